The summed E-state index contributed by atoms with van der Waals surface area (Å²) >= 11 is 0. The van der Waals surface area contributed by atoms with Crippen LogP contribution in [-0.2, 0) is 11.2 Å². The molecule has 0 aliphatic carbocycles. The lowest BCUT2D eigenvalue weighted by Crippen LogP contribution is -2.44. The maximum Gasteiger partial charge on any atom is 0.219 e. The Balaban J connectivity index is 1.97. The molecule has 0 radical (unpaired) electrons. The highest BCUT2D eigenvalue weighted by molar-refractivity contribution is 5.73. The van der Waals surface area contributed by atoms with E-state index in [1.54, 1.807) is 13.3 Å². The molecule has 98 valence electrons. The Kier molecular flexibility index (Phi) is 4.12. The Morgan fingerprint density at radius 3 is 3.11 bits per heavy atom. The Hall–Kier alpha value is -1.65. The van der Waals surface area contributed by atoms with Crippen molar-refractivity contribution >= 4 is 11.7 Å². The van der Waals surface area contributed by atoms with Crippen molar-refractivity contribution in [1.82, 2.24) is 14.9 Å². The first-order chi connectivity index (χ1) is 8.69. The molecule has 0 aromatic carbocycles. The van der Waals surface area contributed by atoms with Crippen molar-refractivity contribution < 1.29 is 4.79 Å². The molecule has 1 fully saturated rings. The molecule has 0 spiro atoms. The second-order valence-electron chi connectivity index (χ2n) is 4.70. The van der Waals surface area contributed by atoms with Crippen molar-refractivity contribution in [2.24, 2.45) is 0 Å². The van der Waals surface area contributed by atoms with Crippen molar-refractivity contribution in [2.75, 3.05) is 18.4 Å². The van der Waals surface area contributed by atoms with E-state index in [1.807, 2.05) is 11.0 Å². The summed E-state index contributed by atoms with van der Waals surface area (Å²) in [4.78, 5) is 21.7. The lowest BCUT2D eigenvalue weighted by molar-refractivity contribution is -0.129. The van der Waals surface area contributed by atoms with E-state index in [1.165, 1.54) is 0 Å². The van der Waals surface area contributed by atoms with Crippen molar-refractivity contribution in [3.05, 3.63) is 18.1 Å². The smallest absolute Gasteiger partial charge is 0.219 e. The normalized spacial score (nSPS) is 19.7. The minimum Gasteiger partial charge on any atom is -0.365 e. The number of carbonyl (C=O) groups is 1. The van der Waals surface area contributed by atoms with Gasteiger partial charge in [0.05, 0.1) is 0 Å². The summed E-state index contributed by atoms with van der Waals surface area (Å²) in [5, 5.41) is 3.40. The summed E-state index contributed by atoms with van der Waals surface area (Å²) in [6.07, 6.45) is 4.62. The molecule has 0 saturated carbocycles. The van der Waals surface area contributed by atoms with Crippen LogP contribution in [0.25, 0.3) is 0 Å². The molecule has 1 atom stereocenters. The molecule has 1 aromatic rings. The van der Waals surface area contributed by atoms with Gasteiger partial charge in [0.15, 0.2) is 0 Å². The molecule has 2 heterocycles. The topological polar surface area (TPSA) is 58.1 Å². The van der Waals surface area contributed by atoms with E-state index in [0.717, 1.165) is 43.9 Å². The average molecular weight is 248 g/mol. The van der Waals surface area contributed by atoms with Crippen LogP contribution in [-0.4, -0.2) is 39.9 Å². The fraction of sp³-hybridized carbons (Fsp3) is 0.615. The van der Waals surface area contributed by atoms with E-state index in [-0.39, 0.29) is 5.91 Å². The molecular weight excluding hydrogens is 228 g/mol. The van der Waals surface area contributed by atoms with Gasteiger partial charge >= 0.3 is 0 Å². The summed E-state index contributed by atoms with van der Waals surface area (Å²) < 4.78 is 0. The van der Waals surface area contributed by atoms with Crippen LogP contribution in [0, 0.1) is 0 Å². The van der Waals surface area contributed by atoms with Gasteiger partial charge in [0.2, 0.25) is 5.91 Å². The van der Waals surface area contributed by atoms with Crippen LogP contribution in [0.1, 0.15) is 32.4 Å². The lowest BCUT2D eigenvalue weighted by Gasteiger charge is -2.32. The number of piperidine rings is 1. The second-order valence-corrected chi connectivity index (χ2v) is 4.70. The standard InChI is InChI=1S/C13H20N4O/c1-3-11-7-13(15-9-14-11)16-12-5-4-6-17(8-12)10(2)18/h7,9,12H,3-6,8H2,1-2H3,(H,14,15,16)/t12-/m1/s1. The summed E-state index contributed by atoms with van der Waals surface area (Å²) in [5.41, 5.74) is 1.03. The van der Waals surface area contributed by atoms with Crippen LogP contribution in [0.5, 0.6) is 0 Å². The summed E-state index contributed by atoms with van der Waals surface area (Å²) in [6.45, 7) is 5.34. The van der Waals surface area contributed by atoms with E-state index in [0.29, 0.717) is 6.04 Å². The molecule has 1 aliphatic heterocycles. The minimum absolute atomic E-state index is 0.151. The largest absolute Gasteiger partial charge is 0.365 e. The quantitative estimate of drug-likeness (QED) is 0.880. The van der Waals surface area contributed by atoms with Gasteiger partial charge in [0.1, 0.15) is 12.1 Å². The molecule has 0 bridgehead atoms. The van der Waals surface area contributed by atoms with Crippen molar-refractivity contribution in [3.8, 4) is 0 Å². The fourth-order valence-corrected chi connectivity index (χ4v) is 2.26. The molecule has 1 aromatic heterocycles. The van der Waals surface area contributed by atoms with Gasteiger partial charge in [-0.05, 0) is 19.3 Å². The monoisotopic (exact) mass is 248 g/mol. The highest BCUT2D eigenvalue weighted by Crippen LogP contribution is 2.15. The van der Waals surface area contributed by atoms with Gasteiger partial charge in [-0.1, -0.05) is 6.92 Å². The van der Waals surface area contributed by atoms with Gasteiger partial charge < -0.3 is 10.2 Å². The second kappa shape index (κ2) is 5.80. The number of hydrogen-bond acceptors (Lipinski definition) is 4. The van der Waals surface area contributed by atoms with Gasteiger partial charge in [0.25, 0.3) is 0 Å². The first-order valence-corrected chi connectivity index (χ1v) is 6.52. The number of carbonyl (C=O) groups excluding carboxylic acids is 1. The van der Waals surface area contributed by atoms with E-state index in [2.05, 4.69) is 22.2 Å². The van der Waals surface area contributed by atoms with Crippen LogP contribution >= 0.6 is 0 Å². The molecule has 1 N–H and O–H groups in total. The zero-order valence-electron chi connectivity index (χ0n) is 11.0. The minimum atomic E-state index is 0.151. The Morgan fingerprint density at radius 1 is 1.56 bits per heavy atom. The Morgan fingerprint density at radius 2 is 2.39 bits per heavy atom. The number of amides is 1. The number of likely N-dealkylation sites (tertiary alicyclic amines) is 1. The van der Waals surface area contributed by atoms with Crippen LogP contribution in [0.2, 0.25) is 0 Å². The number of nitrogens with one attached hydrogen (secondary N) is 1. The van der Waals surface area contributed by atoms with Gasteiger partial charge in [-0.25, -0.2) is 9.97 Å². The highest BCUT2D eigenvalue weighted by atomic mass is 16.2. The van der Waals surface area contributed by atoms with E-state index >= 15 is 0 Å². The molecule has 5 nitrogen and oxygen atoms in total. The summed E-state index contributed by atoms with van der Waals surface area (Å²) in [6, 6.07) is 2.27. The maximum absolute atomic E-state index is 11.4. The third-order valence-corrected chi connectivity index (χ3v) is 3.30. The van der Waals surface area contributed by atoms with Crippen LogP contribution in [0.15, 0.2) is 12.4 Å². The van der Waals surface area contributed by atoms with Gasteiger partial charge in [-0.2, -0.15) is 0 Å². The predicted molar refractivity (Wildman–Crippen MR) is 70.3 cm³/mol. The van der Waals surface area contributed by atoms with Gasteiger partial charge in [-0.15, -0.1) is 0 Å². The van der Waals surface area contributed by atoms with Crippen LogP contribution < -0.4 is 5.32 Å². The maximum atomic E-state index is 11.4. The zero-order valence-corrected chi connectivity index (χ0v) is 11.0. The number of aryl methyl sites for hydroxylation is 1. The van der Waals surface area contributed by atoms with Crippen LogP contribution in [0.4, 0.5) is 5.82 Å². The first kappa shape index (κ1) is 12.8. The third kappa shape index (κ3) is 3.18. The molecule has 0 unspecified atom stereocenters. The summed E-state index contributed by atoms with van der Waals surface area (Å²) in [7, 11) is 0. The molecule has 5 heteroatoms. The summed E-state index contributed by atoms with van der Waals surface area (Å²) in [5.74, 6) is 1.01. The SMILES string of the molecule is CCc1cc(N[C@@H]2CCCN(C(C)=O)C2)ncn1. The molecule has 2 rings (SSSR count). The van der Waals surface area contributed by atoms with E-state index < -0.39 is 0 Å². The fourth-order valence-electron chi connectivity index (χ4n) is 2.26. The molecule has 18 heavy (non-hydrogen) atoms. The van der Waals surface area contributed by atoms with Crippen molar-refractivity contribution in [2.45, 2.75) is 39.2 Å². The number of hydrogen-bond donors (Lipinski definition) is 1. The zero-order chi connectivity index (χ0) is 13.0. The molecule has 1 amide bonds. The first-order valence-electron chi connectivity index (χ1n) is 6.52. The van der Waals surface area contributed by atoms with E-state index in [9.17, 15) is 4.79 Å². The number of nitrogens with zero attached hydrogens (tertiary/aromatic N) is 3. The third-order valence-electron chi connectivity index (χ3n) is 3.30. The molecular formula is C13H20N4O. The predicted octanol–water partition coefficient (Wildman–Crippen LogP) is 1.46. The van der Waals surface area contributed by atoms with Crippen molar-refractivity contribution in [3.63, 3.8) is 0 Å². The number of aromatic nitrogens is 2. The number of anilines is 1. The van der Waals surface area contributed by atoms with Crippen molar-refractivity contribution in [1.29, 1.82) is 0 Å². The number of rotatable bonds is 3. The average Bonchev–Trinajstić information content (AvgIpc) is 2.39. The Labute approximate surface area is 108 Å². The highest BCUT2D eigenvalue weighted by Gasteiger charge is 2.21. The molecule has 1 aliphatic rings. The molecule has 1 saturated heterocycles. The van der Waals surface area contributed by atoms with E-state index in [4.69, 9.17) is 0 Å². The van der Waals surface area contributed by atoms with Gasteiger partial charge in [0, 0.05) is 37.8 Å². The van der Waals surface area contributed by atoms with Gasteiger partial charge in [-0.3, -0.25) is 4.79 Å². The lowest BCUT2D eigenvalue weighted by atomic mass is 10.1. The Bertz CT molecular complexity index is 421. The van der Waals surface area contributed by atoms with Crippen LogP contribution in [0.3, 0.4) is 0 Å².